The molecule has 0 bridgehead atoms. The van der Waals surface area contributed by atoms with Crippen molar-refractivity contribution in [3.63, 3.8) is 0 Å². The molecular weight excluding hydrogens is 216 g/mol. The summed E-state index contributed by atoms with van der Waals surface area (Å²) in [5.41, 5.74) is 2.81. The topological polar surface area (TPSA) is 17.8 Å². The number of imidazole rings is 1. The minimum absolute atomic E-state index is 1.02. The van der Waals surface area contributed by atoms with Gasteiger partial charge in [0.15, 0.2) is 0 Å². The summed E-state index contributed by atoms with van der Waals surface area (Å²) in [6.45, 7) is 1.06. The number of hydrogen-bond donors (Lipinski definition) is 0. The van der Waals surface area contributed by atoms with E-state index in [9.17, 15) is 0 Å². The lowest BCUT2D eigenvalue weighted by Crippen LogP contribution is -2.08. The van der Waals surface area contributed by atoms with Gasteiger partial charge in [-0.25, -0.2) is 4.98 Å². The van der Waals surface area contributed by atoms with E-state index in [1.165, 1.54) is 37.1 Å². The molecule has 3 heteroatoms. The van der Waals surface area contributed by atoms with Gasteiger partial charge in [0.2, 0.25) is 0 Å². The lowest BCUT2D eigenvalue weighted by molar-refractivity contribution is 0.623. The largest absolute Gasteiger partial charge is 0.333 e. The maximum absolute atomic E-state index is 4.42. The molecule has 12 heavy (non-hydrogen) atoms. The zero-order valence-corrected chi connectivity index (χ0v) is 8.68. The molecule has 0 amide bonds. The maximum atomic E-state index is 4.42. The molecule has 0 unspecified atom stereocenters. The van der Waals surface area contributed by atoms with Crippen molar-refractivity contribution < 1.29 is 0 Å². The molecule has 0 atom stereocenters. The van der Waals surface area contributed by atoms with E-state index in [-0.39, 0.29) is 0 Å². The number of aromatic nitrogens is 2. The van der Waals surface area contributed by atoms with E-state index >= 15 is 0 Å². The molecule has 0 aliphatic heterocycles. The van der Waals surface area contributed by atoms with Crippen LogP contribution in [-0.2, 0) is 19.4 Å². The number of halogens is 1. The third-order valence-electron chi connectivity index (χ3n) is 2.44. The summed E-state index contributed by atoms with van der Waals surface area (Å²) in [5.74, 6) is 0. The summed E-state index contributed by atoms with van der Waals surface area (Å²) < 4.78 is 2.28. The van der Waals surface area contributed by atoms with E-state index in [0.29, 0.717) is 0 Å². The Kier molecular flexibility index (Phi) is 2.49. The zero-order valence-electron chi connectivity index (χ0n) is 7.09. The summed E-state index contributed by atoms with van der Waals surface area (Å²) in [7, 11) is 0. The summed E-state index contributed by atoms with van der Waals surface area (Å²) in [5, 5.41) is 1.02. The fourth-order valence-corrected chi connectivity index (χ4v) is 2.20. The molecule has 66 valence electrons. The SMILES string of the molecule is BrCCn1cnc2c1CCCC2. The van der Waals surface area contributed by atoms with Gasteiger partial charge in [-0.15, -0.1) is 0 Å². The highest BCUT2D eigenvalue weighted by Gasteiger charge is 2.13. The van der Waals surface area contributed by atoms with Gasteiger partial charge in [-0.2, -0.15) is 0 Å². The highest BCUT2D eigenvalue weighted by Crippen LogP contribution is 2.19. The van der Waals surface area contributed by atoms with E-state index in [0.717, 1.165) is 11.9 Å². The highest BCUT2D eigenvalue weighted by molar-refractivity contribution is 9.09. The van der Waals surface area contributed by atoms with Crippen LogP contribution in [-0.4, -0.2) is 14.9 Å². The Balaban J connectivity index is 2.25. The number of alkyl halides is 1. The quantitative estimate of drug-likeness (QED) is 0.710. The summed E-state index contributed by atoms with van der Waals surface area (Å²) >= 11 is 3.45. The van der Waals surface area contributed by atoms with Crippen LogP contribution < -0.4 is 0 Å². The van der Waals surface area contributed by atoms with Crippen molar-refractivity contribution in [2.24, 2.45) is 0 Å². The number of hydrogen-bond acceptors (Lipinski definition) is 1. The molecule has 1 aliphatic rings. The molecule has 0 N–H and O–H groups in total. The molecule has 0 aromatic carbocycles. The van der Waals surface area contributed by atoms with Crippen LogP contribution in [0.2, 0.25) is 0 Å². The molecule has 0 spiro atoms. The van der Waals surface area contributed by atoms with E-state index in [4.69, 9.17) is 0 Å². The normalized spacial score (nSPS) is 16.1. The van der Waals surface area contributed by atoms with E-state index < -0.39 is 0 Å². The van der Waals surface area contributed by atoms with Gasteiger partial charge in [0.1, 0.15) is 0 Å². The van der Waals surface area contributed by atoms with Crippen molar-refractivity contribution in [1.82, 2.24) is 9.55 Å². The van der Waals surface area contributed by atoms with Gasteiger partial charge in [0.25, 0.3) is 0 Å². The van der Waals surface area contributed by atoms with Crippen LogP contribution in [0.4, 0.5) is 0 Å². The molecule has 0 radical (unpaired) electrons. The monoisotopic (exact) mass is 228 g/mol. The average Bonchev–Trinajstić information content (AvgIpc) is 2.50. The zero-order chi connectivity index (χ0) is 8.39. The minimum atomic E-state index is 1.02. The maximum Gasteiger partial charge on any atom is 0.0951 e. The lowest BCUT2D eigenvalue weighted by Gasteiger charge is -2.12. The molecule has 2 nitrogen and oxygen atoms in total. The molecular formula is C9H13BrN2. The Bertz CT molecular complexity index is 267. The Morgan fingerprint density at radius 1 is 1.42 bits per heavy atom. The predicted octanol–water partition coefficient (Wildman–Crippen LogP) is 2.16. The van der Waals surface area contributed by atoms with Crippen LogP contribution in [0.3, 0.4) is 0 Å². The smallest absolute Gasteiger partial charge is 0.0951 e. The van der Waals surface area contributed by atoms with Crippen molar-refractivity contribution in [2.45, 2.75) is 32.2 Å². The van der Waals surface area contributed by atoms with Crippen LogP contribution in [0.25, 0.3) is 0 Å². The van der Waals surface area contributed by atoms with Crippen LogP contribution >= 0.6 is 15.9 Å². The molecule has 0 saturated heterocycles. The Labute approximate surface area is 81.1 Å². The molecule has 2 rings (SSSR count). The van der Waals surface area contributed by atoms with E-state index in [2.05, 4.69) is 25.5 Å². The van der Waals surface area contributed by atoms with Crippen LogP contribution in [0, 0.1) is 0 Å². The fraction of sp³-hybridized carbons (Fsp3) is 0.667. The number of fused-ring (bicyclic) bond motifs is 1. The van der Waals surface area contributed by atoms with Gasteiger partial charge in [-0.1, -0.05) is 15.9 Å². The van der Waals surface area contributed by atoms with Crippen molar-refractivity contribution in [3.8, 4) is 0 Å². The van der Waals surface area contributed by atoms with Crippen molar-refractivity contribution in [1.29, 1.82) is 0 Å². The average molecular weight is 229 g/mol. The number of nitrogens with zero attached hydrogens (tertiary/aromatic N) is 2. The van der Waals surface area contributed by atoms with Crippen molar-refractivity contribution in [2.75, 3.05) is 5.33 Å². The molecule has 1 heterocycles. The predicted molar refractivity (Wildman–Crippen MR) is 52.7 cm³/mol. The first-order chi connectivity index (χ1) is 5.92. The standard InChI is InChI=1S/C9H13BrN2/c10-5-6-12-7-11-8-3-1-2-4-9(8)12/h7H,1-6H2. The van der Waals surface area contributed by atoms with Gasteiger partial charge >= 0.3 is 0 Å². The summed E-state index contributed by atoms with van der Waals surface area (Å²) in [6.07, 6.45) is 7.05. The first-order valence-corrected chi connectivity index (χ1v) is 5.63. The first kappa shape index (κ1) is 8.30. The second-order valence-corrected chi connectivity index (χ2v) is 4.02. The molecule has 1 aromatic heterocycles. The summed E-state index contributed by atoms with van der Waals surface area (Å²) in [6, 6.07) is 0. The molecule has 0 fully saturated rings. The molecule has 1 aromatic rings. The van der Waals surface area contributed by atoms with E-state index in [1.807, 2.05) is 6.33 Å². The second kappa shape index (κ2) is 3.60. The van der Waals surface area contributed by atoms with Gasteiger partial charge in [-0.3, -0.25) is 0 Å². The van der Waals surface area contributed by atoms with Crippen molar-refractivity contribution >= 4 is 15.9 Å². The van der Waals surface area contributed by atoms with Gasteiger partial charge in [0, 0.05) is 17.6 Å². The van der Waals surface area contributed by atoms with E-state index in [1.54, 1.807) is 0 Å². The van der Waals surface area contributed by atoms with Crippen LogP contribution in [0.1, 0.15) is 24.2 Å². The van der Waals surface area contributed by atoms with Gasteiger partial charge in [-0.05, 0) is 25.7 Å². The Morgan fingerprint density at radius 3 is 3.08 bits per heavy atom. The Morgan fingerprint density at radius 2 is 2.25 bits per heavy atom. The van der Waals surface area contributed by atoms with Gasteiger partial charge < -0.3 is 4.57 Å². The molecule has 0 saturated carbocycles. The van der Waals surface area contributed by atoms with Crippen LogP contribution in [0.15, 0.2) is 6.33 Å². The second-order valence-electron chi connectivity index (χ2n) is 3.23. The number of aryl methyl sites for hydroxylation is 2. The fourth-order valence-electron chi connectivity index (χ4n) is 1.81. The molecule has 1 aliphatic carbocycles. The Hall–Kier alpha value is -0.310. The van der Waals surface area contributed by atoms with Crippen LogP contribution in [0.5, 0.6) is 0 Å². The third-order valence-corrected chi connectivity index (χ3v) is 2.79. The minimum Gasteiger partial charge on any atom is -0.333 e. The number of rotatable bonds is 2. The van der Waals surface area contributed by atoms with Crippen molar-refractivity contribution in [3.05, 3.63) is 17.7 Å². The highest BCUT2D eigenvalue weighted by atomic mass is 79.9. The first-order valence-electron chi connectivity index (χ1n) is 4.50. The lowest BCUT2D eigenvalue weighted by atomic mass is 10.0. The summed E-state index contributed by atoms with van der Waals surface area (Å²) in [4.78, 5) is 4.42. The van der Waals surface area contributed by atoms with Gasteiger partial charge in [0.05, 0.1) is 12.0 Å². The third kappa shape index (κ3) is 1.42.